The van der Waals surface area contributed by atoms with Gasteiger partial charge in [0.05, 0.1) is 24.6 Å². The number of nitrogens with zero attached hydrogens (tertiary/aromatic N) is 2. The molecule has 0 spiro atoms. The van der Waals surface area contributed by atoms with Crippen molar-refractivity contribution in [2.24, 2.45) is 0 Å². The highest BCUT2D eigenvalue weighted by Gasteiger charge is 2.15. The van der Waals surface area contributed by atoms with Gasteiger partial charge in [0, 0.05) is 25.8 Å². The fourth-order valence-corrected chi connectivity index (χ4v) is 3.74. The number of rotatable bonds is 12. The van der Waals surface area contributed by atoms with E-state index in [1.807, 2.05) is 51.1 Å². The maximum absolute atomic E-state index is 12.8. The fourth-order valence-electron chi connectivity index (χ4n) is 3.74. The Balaban J connectivity index is 1.42. The van der Waals surface area contributed by atoms with Gasteiger partial charge in [-0.1, -0.05) is 18.2 Å². The molecule has 2 aromatic rings. The molecular weight excluding hydrogens is 442 g/mol. The van der Waals surface area contributed by atoms with Gasteiger partial charge in [-0.15, -0.1) is 0 Å². The number of unbranched alkanes of at least 4 members (excludes halogenated alkanes) is 1. The molecule has 8 heteroatoms. The van der Waals surface area contributed by atoms with E-state index in [0.29, 0.717) is 23.0 Å². The van der Waals surface area contributed by atoms with Crippen molar-refractivity contribution in [3.63, 3.8) is 0 Å². The number of carbonyl (C=O) groups excluding carboxylic acids is 1. The molecule has 190 valence electrons. The van der Waals surface area contributed by atoms with Crippen molar-refractivity contribution in [3.8, 4) is 0 Å². The molecule has 1 aliphatic rings. The van der Waals surface area contributed by atoms with Crippen LogP contribution in [-0.4, -0.2) is 60.8 Å². The second-order valence-electron chi connectivity index (χ2n) is 9.65. The number of ether oxygens (including phenoxy) is 2. The number of para-hydroxylation sites is 2. The lowest BCUT2D eigenvalue weighted by atomic mass is 10.2. The summed E-state index contributed by atoms with van der Waals surface area (Å²) in [7, 11) is 0. The van der Waals surface area contributed by atoms with Crippen LogP contribution in [0.4, 0.5) is 11.4 Å². The number of pyridine rings is 1. The molecule has 0 aliphatic carbocycles. The van der Waals surface area contributed by atoms with E-state index >= 15 is 0 Å². The Hall–Kier alpha value is -2.94. The number of carbonyl (C=O) groups is 1. The quantitative estimate of drug-likeness (QED) is 0.309. The van der Waals surface area contributed by atoms with E-state index < -0.39 is 0 Å². The number of aromatic nitrogens is 1. The molecule has 3 rings (SSSR count). The van der Waals surface area contributed by atoms with Crippen LogP contribution in [0.2, 0.25) is 0 Å². The van der Waals surface area contributed by atoms with Gasteiger partial charge in [-0.2, -0.15) is 0 Å². The number of hydrogen-bond donors (Lipinski definition) is 3. The Morgan fingerprint density at radius 3 is 2.46 bits per heavy atom. The summed E-state index contributed by atoms with van der Waals surface area (Å²) in [5.41, 5.74) is 2.36. The Kier molecular flexibility index (Phi) is 10.1. The average molecular weight is 482 g/mol. The zero-order chi connectivity index (χ0) is 25.1. The van der Waals surface area contributed by atoms with Crippen molar-refractivity contribution in [2.45, 2.75) is 45.8 Å². The molecule has 2 heterocycles. The summed E-state index contributed by atoms with van der Waals surface area (Å²) in [6, 6.07) is 11.1. The Morgan fingerprint density at radius 1 is 1.09 bits per heavy atom. The van der Waals surface area contributed by atoms with Gasteiger partial charge in [-0.05, 0) is 77.0 Å². The normalized spacial score (nSPS) is 14.4. The molecule has 0 unspecified atom stereocenters. The Morgan fingerprint density at radius 2 is 1.80 bits per heavy atom. The molecule has 1 aromatic heterocycles. The minimum absolute atomic E-state index is 0.274. The van der Waals surface area contributed by atoms with Gasteiger partial charge in [-0.3, -0.25) is 14.7 Å². The Labute approximate surface area is 209 Å². The summed E-state index contributed by atoms with van der Waals surface area (Å²) in [5, 5.41) is 9.50. The molecule has 1 saturated heterocycles. The van der Waals surface area contributed by atoms with Crippen molar-refractivity contribution in [3.05, 3.63) is 66.3 Å². The number of hydrogen-bond acceptors (Lipinski definition) is 7. The van der Waals surface area contributed by atoms with E-state index in [4.69, 9.17) is 9.47 Å². The molecule has 0 saturated carbocycles. The second-order valence-corrected chi connectivity index (χ2v) is 9.65. The highest BCUT2D eigenvalue weighted by Crippen LogP contribution is 2.24. The first kappa shape index (κ1) is 26.7. The number of amides is 1. The molecule has 0 radical (unpaired) electrons. The summed E-state index contributed by atoms with van der Waals surface area (Å²) < 4.78 is 11.1. The molecule has 1 aromatic carbocycles. The minimum Gasteiger partial charge on any atom is -0.474 e. The summed E-state index contributed by atoms with van der Waals surface area (Å²) in [6.45, 7) is 16.4. The first-order valence-corrected chi connectivity index (χ1v) is 12.3. The van der Waals surface area contributed by atoms with Gasteiger partial charge < -0.3 is 25.4 Å². The van der Waals surface area contributed by atoms with Gasteiger partial charge in [0.25, 0.3) is 5.91 Å². The number of anilines is 2. The van der Waals surface area contributed by atoms with Crippen LogP contribution in [0, 0.1) is 0 Å². The summed E-state index contributed by atoms with van der Waals surface area (Å²) in [5.74, 6) is 0.138. The zero-order valence-electron chi connectivity index (χ0n) is 21.2. The van der Waals surface area contributed by atoms with E-state index in [0.717, 1.165) is 57.9 Å². The predicted octanol–water partition coefficient (Wildman–Crippen LogP) is 4.23. The van der Waals surface area contributed by atoms with E-state index in [1.165, 1.54) is 6.42 Å². The van der Waals surface area contributed by atoms with E-state index in [9.17, 15) is 4.79 Å². The smallest absolute Gasteiger partial charge is 0.274 e. The molecule has 1 amide bonds. The molecule has 1 aliphatic heterocycles. The van der Waals surface area contributed by atoms with Gasteiger partial charge in [0.15, 0.2) is 5.88 Å². The topological polar surface area (TPSA) is 87.8 Å². The van der Waals surface area contributed by atoms with Crippen molar-refractivity contribution in [2.75, 3.05) is 50.0 Å². The number of nitrogens with one attached hydrogen (secondary N) is 3. The molecule has 0 bridgehead atoms. The zero-order valence-corrected chi connectivity index (χ0v) is 21.2. The van der Waals surface area contributed by atoms with Crippen LogP contribution in [-0.2, 0) is 16.0 Å². The lowest BCUT2D eigenvalue weighted by Gasteiger charge is -2.26. The number of benzene rings is 1. The largest absolute Gasteiger partial charge is 0.474 e. The molecule has 1 fully saturated rings. The van der Waals surface area contributed by atoms with Gasteiger partial charge in [-0.25, -0.2) is 0 Å². The molecule has 8 nitrogen and oxygen atoms in total. The highest BCUT2D eigenvalue weighted by molar-refractivity contribution is 6.04. The van der Waals surface area contributed by atoms with Crippen LogP contribution in [0.25, 0.3) is 0 Å². The molecule has 3 N–H and O–H groups in total. The van der Waals surface area contributed by atoms with E-state index in [1.54, 1.807) is 12.3 Å². The van der Waals surface area contributed by atoms with E-state index in [-0.39, 0.29) is 11.5 Å². The first-order valence-electron chi connectivity index (χ1n) is 12.3. The molecule has 35 heavy (non-hydrogen) atoms. The maximum atomic E-state index is 12.8. The van der Waals surface area contributed by atoms with Crippen molar-refractivity contribution >= 4 is 17.3 Å². The third-order valence-corrected chi connectivity index (χ3v) is 5.45. The van der Waals surface area contributed by atoms with E-state index in [2.05, 4.69) is 32.4 Å². The predicted molar refractivity (Wildman–Crippen MR) is 140 cm³/mol. The first-order chi connectivity index (χ1) is 16.8. The average Bonchev–Trinajstić information content (AvgIpc) is 2.82. The third-order valence-electron chi connectivity index (χ3n) is 5.45. The van der Waals surface area contributed by atoms with Crippen molar-refractivity contribution in [1.29, 1.82) is 0 Å². The molecule has 0 atom stereocenters. The fraction of sp³-hybridized carbons (Fsp3) is 0.481. The van der Waals surface area contributed by atoms with Crippen LogP contribution in [0.15, 0.2) is 55.1 Å². The summed E-state index contributed by atoms with van der Waals surface area (Å²) in [6.07, 6.45) is 4.06. The van der Waals surface area contributed by atoms with Crippen LogP contribution < -0.4 is 16.0 Å². The standard InChI is InChI=1S/C27H39N5O3/c1-21(35-27(2,3)4)30-23-9-5-6-10-24(23)31-26(33)25-12-11-22(20-29-25)19-28-13-7-8-14-32-15-17-34-18-16-32/h5-6,9-12,20,28,30H,1,7-8,13-19H2,2-4H3,(H,31,33). The lowest BCUT2D eigenvalue weighted by Crippen LogP contribution is -2.37. The summed E-state index contributed by atoms with van der Waals surface area (Å²) in [4.78, 5) is 19.6. The SMILES string of the molecule is C=C(Nc1ccccc1NC(=O)c1ccc(CNCCCCN2CCOCC2)cn1)OC(C)(C)C. The lowest BCUT2D eigenvalue weighted by molar-refractivity contribution is 0.0372. The highest BCUT2D eigenvalue weighted by atomic mass is 16.5. The van der Waals surface area contributed by atoms with Crippen molar-refractivity contribution in [1.82, 2.24) is 15.2 Å². The summed E-state index contributed by atoms with van der Waals surface area (Å²) >= 11 is 0. The Bertz CT molecular complexity index is 950. The third kappa shape index (κ3) is 9.68. The van der Waals surface area contributed by atoms with Gasteiger partial charge in [0.1, 0.15) is 11.3 Å². The van der Waals surface area contributed by atoms with Gasteiger partial charge >= 0.3 is 0 Å². The van der Waals surface area contributed by atoms with Crippen LogP contribution in [0.5, 0.6) is 0 Å². The van der Waals surface area contributed by atoms with Crippen LogP contribution in [0.3, 0.4) is 0 Å². The van der Waals surface area contributed by atoms with Crippen molar-refractivity contribution < 1.29 is 14.3 Å². The monoisotopic (exact) mass is 481 g/mol. The van der Waals surface area contributed by atoms with Gasteiger partial charge in [0.2, 0.25) is 0 Å². The van der Waals surface area contributed by atoms with Crippen LogP contribution in [0.1, 0.15) is 49.7 Å². The number of morpholine rings is 1. The maximum Gasteiger partial charge on any atom is 0.274 e. The second kappa shape index (κ2) is 13.2. The molecular formula is C27H39N5O3. The minimum atomic E-state index is -0.369. The van der Waals surface area contributed by atoms with Crippen LogP contribution >= 0.6 is 0 Å².